The van der Waals surface area contributed by atoms with E-state index in [-0.39, 0.29) is 0 Å². The van der Waals surface area contributed by atoms with Crippen molar-refractivity contribution in [2.75, 3.05) is 31.6 Å². The second kappa shape index (κ2) is 6.72. The molecule has 1 atom stereocenters. The molecule has 4 nitrogen and oxygen atoms in total. The van der Waals surface area contributed by atoms with Crippen LogP contribution in [0.3, 0.4) is 0 Å². The van der Waals surface area contributed by atoms with E-state index in [1.54, 1.807) is 6.33 Å². The largest absolute Gasteiger partial charge is 0.352 e. The van der Waals surface area contributed by atoms with Crippen molar-refractivity contribution >= 4 is 17.4 Å². The molecule has 0 aliphatic carbocycles. The maximum Gasteiger partial charge on any atom is 0.138 e. The summed E-state index contributed by atoms with van der Waals surface area (Å²) in [6.07, 6.45) is 3.86. The Morgan fingerprint density at radius 1 is 1.35 bits per heavy atom. The Balaban J connectivity index is 2.40. The molecule has 0 spiro atoms. The predicted molar refractivity (Wildman–Crippen MR) is 84.7 cm³/mol. The number of likely N-dealkylation sites (N-methyl/N-ethyl adjacent to an activating group) is 1. The maximum absolute atomic E-state index is 6.32. The van der Waals surface area contributed by atoms with Gasteiger partial charge in [-0.3, -0.25) is 0 Å². The second-order valence-electron chi connectivity index (χ2n) is 5.93. The minimum atomic E-state index is 0.331. The van der Waals surface area contributed by atoms with Crippen molar-refractivity contribution in [1.29, 1.82) is 0 Å². The monoisotopic (exact) mass is 296 g/mol. The molecular weight excluding hydrogens is 272 g/mol. The van der Waals surface area contributed by atoms with Crippen LogP contribution in [0.1, 0.15) is 45.1 Å². The molecule has 1 aliphatic heterocycles. The van der Waals surface area contributed by atoms with E-state index in [1.165, 1.54) is 0 Å². The van der Waals surface area contributed by atoms with Gasteiger partial charge in [-0.1, -0.05) is 32.4 Å². The zero-order chi connectivity index (χ0) is 14.7. The van der Waals surface area contributed by atoms with Crippen molar-refractivity contribution in [3.63, 3.8) is 0 Å². The first kappa shape index (κ1) is 15.5. The fourth-order valence-corrected chi connectivity index (χ4v) is 3.31. The normalized spacial score (nSPS) is 21.3. The summed E-state index contributed by atoms with van der Waals surface area (Å²) in [5.74, 6) is 1.36. The summed E-state index contributed by atoms with van der Waals surface area (Å²) in [7, 11) is 2.20. The molecular formula is C15H25ClN4. The summed E-state index contributed by atoms with van der Waals surface area (Å²) >= 11 is 6.32. The SMILES string of the molecule is CCC1CN(C)CCCN1c1ncnc(Cl)c1C(C)C. The van der Waals surface area contributed by atoms with Crippen molar-refractivity contribution in [1.82, 2.24) is 14.9 Å². The maximum atomic E-state index is 6.32. The molecule has 0 amide bonds. The van der Waals surface area contributed by atoms with Gasteiger partial charge in [-0.05, 0) is 32.4 Å². The highest BCUT2D eigenvalue weighted by molar-refractivity contribution is 6.30. The zero-order valence-electron chi connectivity index (χ0n) is 12.9. The number of nitrogens with zero attached hydrogens (tertiary/aromatic N) is 4. The Morgan fingerprint density at radius 3 is 2.75 bits per heavy atom. The molecule has 2 rings (SSSR count). The number of anilines is 1. The Bertz CT molecular complexity index is 449. The Kier molecular flexibility index (Phi) is 5.22. The number of halogens is 1. The summed E-state index contributed by atoms with van der Waals surface area (Å²) in [4.78, 5) is 13.6. The minimum absolute atomic E-state index is 0.331. The van der Waals surface area contributed by atoms with E-state index >= 15 is 0 Å². The summed E-state index contributed by atoms with van der Waals surface area (Å²) in [5.41, 5.74) is 1.08. The van der Waals surface area contributed by atoms with Crippen molar-refractivity contribution in [3.05, 3.63) is 17.0 Å². The van der Waals surface area contributed by atoms with Crippen molar-refractivity contribution < 1.29 is 0 Å². The lowest BCUT2D eigenvalue weighted by molar-refractivity contribution is 0.327. The van der Waals surface area contributed by atoms with Gasteiger partial charge in [-0.15, -0.1) is 0 Å². The van der Waals surface area contributed by atoms with E-state index in [1.807, 2.05) is 0 Å². The van der Waals surface area contributed by atoms with Crippen LogP contribution in [0.5, 0.6) is 0 Å². The van der Waals surface area contributed by atoms with Crippen LogP contribution in [-0.2, 0) is 0 Å². The first-order valence-electron chi connectivity index (χ1n) is 7.50. The molecule has 1 aromatic heterocycles. The van der Waals surface area contributed by atoms with Gasteiger partial charge in [-0.25, -0.2) is 9.97 Å². The third-order valence-corrected chi connectivity index (χ3v) is 4.34. The molecule has 1 unspecified atom stereocenters. The minimum Gasteiger partial charge on any atom is -0.352 e. The van der Waals surface area contributed by atoms with Crippen molar-refractivity contribution in [2.45, 2.75) is 45.6 Å². The van der Waals surface area contributed by atoms with Gasteiger partial charge in [0, 0.05) is 24.7 Å². The van der Waals surface area contributed by atoms with Crippen LogP contribution in [0.4, 0.5) is 5.82 Å². The molecule has 112 valence electrons. The van der Waals surface area contributed by atoms with E-state index < -0.39 is 0 Å². The topological polar surface area (TPSA) is 32.3 Å². The zero-order valence-corrected chi connectivity index (χ0v) is 13.7. The summed E-state index contributed by atoms with van der Waals surface area (Å²) in [6, 6.07) is 0.492. The molecule has 0 saturated carbocycles. The van der Waals surface area contributed by atoms with Gasteiger partial charge >= 0.3 is 0 Å². The molecule has 1 fully saturated rings. The molecule has 0 N–H and O–H groups in total. The van der Waals surface area contributed by atoms with E-state index in [4.69, 9.17) is 11.6 Å². The number of aromatic nitrogens is 2. The summed E-state index contributed by atoms with van der Waals surface area (Å²) in [6.45, 7) is 9.81. The number of rotatable bonds is 3. The van der Waals surface area contributed by atoms with E-state index in [0.717, 1.165) is 43.9 Å². The van der Waals surface area contributed by atoms with E-state index in [2.05, 4.69) is 47.6 Å². The highest BCUT2D eigenvalue weighted by Crippen LogP contribution is 2.32. The molecule has 20 heavy (non-hydrogen) atoms. The van der Waals surface area contributed by atoms with Crippen LogP contribution in [0, 0.1) is 0 Å². The summed E-state index contributed by atoms with van der Waals surface area (Å²) in [5, 5.41) is 0.595. The van der Waals surface area contributed by atoms with Gasteiger partial charge in [0.15, 0.2) is 0 Å². The standard InChI is InChI=1S/C15H25ClN4/c1-5-12-9-19(4)7-6-8-20(12)15-13(11(2)3)14(16)17-10-18-15/h10-12H,5-9H2,1-4H3. The highest BCUT2D eigenvalue weighted by atomic mass is 35.5. The number of hydrogen-bond acceptors (Lipinski definition) is 4. The van der Waals surface area contributed by atoms with Crippen LogP contribution < -0.4 is 4.90 Å². The highest BCUT2D eigenvalue weighted by Gasteiger charge is 2.26. The van der Waals surface area contributed by atoms with Crippen LogP contribution in [0.25, 0.3) is 0 Å². The molecule has 1 aliphatic rings. The van der Waals surface area contributed by atoms with Crippen molar-refractivity contribution in [3.8, 4) is 0 Å². The van der Waals surface area contributed by atoms with Crippen LogP contribution in [-0.4, -0.2) is 47.6 Å². The van der Waals surface area contributed by atoms with Gasteiger partial charge in [0.1, 0.15) is 17.3 Å². The number of hydrogen-bond donors (Lipinski definition) is 0. The second-order valence-corrected chi connectivity index (χ2v) is 6.29. The Labute approximate surface area is 127 Å². The third kappa shape index (κ3) is 3.23. The fraction of sp³-hybridized carbons (Fsp3) is 0.733. The third-order valence-electron chi connectivity index (χ3n) is 4.04. The fourth-order valence-electron chi connectivity index (χ4n) is 2.96. The molecule has 2 heterocycles. The molecule has 1 saturated heterocycles. The van der Waals surface area contributed by atoms with Gasteiger partial charge in [-0.2, -0.15) is 0 Å². The molecule has 5 heteroatoms. The lowest BCUT2D eigenvalue weighted by atomic mass is 10.0. The van der Waals surface area contributed by atoms with Crippen molar-refractivity contribution in [2.24, 2.45) is 0 Å². The quantitative estimate of drug-likeness (QED) is 0.802. The first-order valence-corrected chi connectivity index (χ1v) is 7.88. The van der Waals surface area contributed by atoms with Crippen LogP contribution in [0.2, 0.25) is 5.15 Å². The molecule has 0 aromatic carbocycles. The van der Waals surface area contributed by atoms with Crippen LogP contribution in [0.15, 0.2) is 6.33 Å². The van der Waals surface area contributed by atoms with Crippen LogP contribution >= 0.6 is 11.6 Å². The predicted octanol–water partition coefficient (Wildman–Crippen LogP) is 3.17. The molecule has 1 aromatic rings. The first-order chi connectivity index (χ1) is 9.54. The lowest BCUT2D eigenvalue weighted by Gasteiger charge is -2.33. The molecule has 0 radical (unpaired) electrons. The average Bonchev–Trinajstić information content (AvgIpc) is 2.59. The summed E-state index contributed by atoms with van der Waals surface area (Å²) < 4.78 is 0. The van der Waals surface area contributed by atoms with E-state index in [9.17, 15) is 0 Å². The average molecular weight is 297 g/mol. The molecule has 0 bridgehead atoms. The van der Waals surface area contributed by atoms with Gasteiger partial charge in [0.05, 0.1) is 0 Å². The van der Waals surface area contributed by atoms with E-state index in [0.29, 0.717) is 17.1 Å². The smallest absolute Gasteiger partial charge is 0.138 e. The van der Waals surface area contributed by atoms with Gasteiger partial charge in [0.25, 0.3) is 0 Å². The van der Waals surface area contributed by atoms with Gasteiger partial charge in [0.2, 0.25) is 0 Å². The Hall–Kier alpha value is -0.870. The lowest BCUT2D eigenvalue weighted by Crippen LogP contribution is -2.41. The van der Waals surface area contributed by atoms with Gasteiger partial charge < -0.3 is 9.80 Å². The Morgan fingerprint density at radius 2 is 2.10 bits per heavy atom.